The van der Waals surface area contributed by atoms with Gasteiger partial charge in [-0.05, 0) is 93.9 Å². The minimum Gasteiger partial charge on any atom is -0.310 e. The Bertz CT molecular complexity index is 2450. The molecule has 9 rings (SSSR count). The minimum absolute atomic E-state index is 0.101. The number of allylic oxidation sites excluding steroid dienone is 3. The molecule has 0 saturated heterocycles. The molecule has 52 heavy (non-hydrogen) atoms. The van der Waals surface area contributed by atoms with E-state index in [2.05, 4.69) is 208 Å². The summed E-state index contributed by atoms with van der Waals surface area (Å²) in [4.78, 5) is 2.51. The Morgan fingerprint density at radius 3 is 2.02 bits per heavy atom. The highest BCUT2D eigenvalue weighted by molar-refractivity contribution is 5.98. The summed E-state index contributed by atoms with van der Waals surface area (Å²) < 4.78 is 0. The molecule has 0 aromatic heterocycles. The van der Waals surface area contributed by atoms with Crippen LogP contribution in [0.4, 0.5) is 11.4 Å². The van der Waals surface area contributed by atoms with Gasteiger partial charge in [0.2, 0.25) is 0 Å². The lowest BCUT2D eigenvalue weighted by molar-refractivity contribution is 0.621. The Balaban J connectivity index is 1.27. The van der Waals surface area contributed by atoms with Gasteiger partial charge < -0.3 is 4.90 Å². The summed E-state index contributed by atoms with van der Waals surface area (Å²) in [5.41, 5.74) is 15.2. The Labute approximate surface area is 308 Å². The van der Waals surface area contributed by atoms with Gasteiger partial charge in [0.1, 0.15) is 0 Å². The van der Waals surface area contributed by atoms with E-state index in [9.17, 15) is 0 Å². The molecule has 0 amide bonds. The summed E-state index contributed by atoms with van der Waals surface area (Å²) >= 11 is 0. The number of hydrogen-bond donors (Lipinski definition) is 0. The Morgan fingerprint density at radius 1 is 0.558 bits per heavy atom. The lowest BCUT2D eigenvalue weighted by atomic mass is 9.65. The fraction of sp³-hybridized carbons (Fsp3) is 0.137. The second-order valence-electron chi connectivity index (χ2n) is 15.0. The molecule has 0 spiro atoms. The van der Waals surface area contributed by atoms with E-state index in [0.717, 1.165) is 12.8 Å². The molecule has 2 aliphatic carbocycles. The quantitative estimate of drug-likeness (QED) is 0.176. The van der Waals surface area contributed by atoms with E-state index >= 15 is 0 Å². The van der Waals surface area contributed by atoms with Crippen molar-refractivity contribution in [3.05, 3.63) is 227 Å². The summed E-state index contributed by atoms with van der Waals surface area (Å²) in [5.74, 6) is 0. The summed E-state index contributed by atoms with van der Waals surface area (Å²) in [6.07, 6.45) is 8.89. The molecule has 0 N–H and O–H groups in total. The van der Waals surface area contributed by atoms with Gasteiger partial charge in [-0.1, -0.05) is 177 Å². The van der Waals surface area contributed by atoms with Crippen LogP contribution in [0.3, 0.4) is 0 Å². The van der Waals surface area contributed by atoms with Crippen molar-refractivity contribution in [3.8, 4) is 11.1 Å². The average Bonchev–Trinajstić information content (AvgIpc) is 3.46. The topological polar surface area (TPSA) is 3.24 Å². The highest BCUT2D eigenvalue weighted by atomic mass is 15.1. The third-order valence-electron chi connectivity index (χ3n) is 11.6. The molecule has 0 aliphatic heterocycles. The summed E-state index contributed by atoms with van der Waals surface area (Å²) in [6, 6.07) is 60.8. The van der Waals surface area contributed by atoms with Crippen molar-refractivity contribution in [1.82, 2.24) is 0 Å². The van der Waals surface area contributed by atoms with Crippen LogP contribution in [0.15, 0.2) is 188 Å². The van der Waals surface area contributed by atoms with Gasteiger partial charge >= 0.3 is 0 Å². The molecule has 0 unspecified atom stereocenters. The number of hydrogen-bond acceptors (Lipinski definition) is 1. The van der Waals surface area contributed by atoms with Gasteiger partial charge in [0.25, 0.3) is 0 Å². The van der Waals surface area contributed by atoms with Crippen molar-refractivity contribution in [3.63, 3.8) is 0 Å². The van der Waals surface area contributed by atoms with Crippen LogP contribution in [0.25, 0.3) is 21.9 Å². The van der Waals surface area contributed by atoms with E-state index in [1.165, 1.54) is 77.9 Å². The molecule has 7 aromatic rings. The van der Waals surface area contributed by atoms with E-state index in [-0.39, 0.29) is 10.8 Å². The number of aryl methyl sites for hydroxylation is 1. The number of nitrogens with zero attached hydrogens (tertiary/aromatic N) is 1. The fourth-order valence-corrected chi connectivity index (χ4v) is 9.04. The predicted octanol–water partition coefficient (Wildman–Crippen LogP) is 13.0. The molecule has 1 nitrogen and oxygen atoms in total. The summed E-state index contributed by atoms with van der Waals surface area (Å²) in [5, 5.41) is 2.47. The first-order chi connectivity index (χ1) is 25.4. The van der Waals surface area contributed by atoms with Crippen molar-refractivity contribution in [2.24, 2.45) is 0 Å². The number of fused-ring (bicyclic) bond motifs is 5. The maximum absolute atomic E-state index is 2.51. The standard InChI is InChI=1S/C51H43N/c1-36-27-32-46-38(34-36)28-29-41(22-15-33-51(46,39-18-6-4-7-19-39)40-20-8-5-9-21-40)52(49-26-14-17-37-16-10-11-23-43(37)49)42-30-31-45-44-24-12-13-25-47(44)50(2,3)48(45)35-42/h4-27,29-32,34-35H,28,33H2,1-3H3/b22-15-,41-29+. The van der Waals surface area contributed by atoms with Crippen molar-refractivity contribution < 1.29 is 0 Å². The van der Waals surface area contributed by atoms with Crippen LogP contribution in [0.5, 0.6) is 0 Å². The molecule has 2 aliphatic rings. The molecule has 0 heterocycles. The van der Waals surface area contributed by atoms with Crippen LogP contribution < -0.4 is 4.90 Å². The zero-order chi connectivity index (χ0) is 35.3. The third-order valence-corrected chi connectivity index (χ3v) is 11.6. The van der Waals surface area contributed by atoms with Crippen LogP contribution >= 0.6 is 0 Å². The SMILES string of the molecule is Cc1ccc2c(c1)C/C=C(N(c1ccc3c(c1)C(C)(C)c1ccccc1-3)c1cccc3ccccc13)\C=C/CC2(c1ccccc1)c1ccccc1. The maximum Gasteiger partial charge on any atom is 0.0539 e. The van der Waals surface area contributed by atoms with Gasteiger partial charge in [-0.25, -0.2) is 0 Å². The monoisotopic (exact) mass is 669 g/mol. The molecule has 0 bridgehead atoms. The predicted molar refractivity (Wildman–Crippen MR) is 220 cm³/mol. The Kier molecular flexibility index (Phi) is 7.81. The number of rotatable bonds is 5. The van der Waals surface area contributed by atoms with Gasteiger partial charge in [-0.3, -0.25) is 0 Å². The molecule has 0 fully saturated rings. The zero-order valence-electron chi connectivity index (χ0n) is 30.2. The molecule has 0 saturated carbocycles. The van der Waals surface area contributed by atoms with E-state index < -0.39 is 0 Å². The second-order valence-corrected chi connectivity index (χ2v) is 15.0. The molecule has 0 atom stereocenters. The minimum atomic E-state index is -0.348. The Hall–Kier alpha value is -5.92. The van der Waals surface area contributed by atoms with Crippen molar-refractivity contribution in [2.45, 2.75) is 44.4 Å². The fourth-order valence-electron chi connectivity index (χ4n) is 9.04. The third kappa shape index (κ3) is 5.15. The van der Waals surface area contributed by atoms with E-state index in [1.54, 1.807) is 0 Å². The van der Waals surface area contributed by atoms with Crippen LogP contribution in [-0.4, -0.2) is 0 Å². The first kappa shape index (κ1) is 32.0. The normalized spacial score (nSPS) is 17.0. The van der Waals surface area contributed by atoms with E-state index in [0.29, 0.717) is 0 Å². The summed E-state index contributed by atoms with van der Waals surface area (Å²) in [7, 11) is 0. The van der Waals surface area contributed by atoms with Crippen LogP contribution in [-0.2, 0) is 17.3 Å². The lowest BCUT2D eigenvalue weighted by Crippen LogP contribution is -2.30. The smallest absolute Gasteiger partial charge is 0.0539 e. The number of anilines is 2. The van der Waals surface area contributed by atoms with Gasteiger partial charge in [0, 0.05) is 27.6 Å². The molecule has 0 radical (unpaired) electrons. The zero-order valence-corrected chi connectivity index (χ0v) is 30.2. The van der Waals surface area contributed by atoms with Crippen LogP contribution in [0, 0.1) is 6.92 Å². The molecule has 1 heteroatoms. The Morgan fingerprint density at radius 2 is 1.23 bits per heavy atom. The maximum atomic E-state index is 2.51. The molecule has 7 aromatic carbocycles. The van der Waals surface area contributed by atoms with Crippen molar-refractivity contribution in [2.75, 3.05) is 4.90 Å². The first-order valence-corrected chi connectivity index (χ1v) is 18.6. The first-order valence-electron chi connectivity index (χ1n) is 18.6. The molecule has 252 valence electrons. The van der Waals surface area contributed by atoms with Gasteiger partial charge in [-0.2, -0.15) is 0 Å². The highest BCUT2D eigenvalue weighted by Crippen LogP contribution is 2.51. The summed E-state index contributed by atoms with van der Waals surface area (Å²) in [6.45, 7) is 6.96. The van der Waals surface area contributed by atoms with Crippen molar-refractivity contribution in [1.29, 1.82) is 0 Å². The largest absolute Gasteiger partial charge is 0.310 e. The molecular weight excluding hydrogens is 627 g/mol. The van der Waals surface area contributed by atoms with Crippen molar-refractivity contribution >= 4 is 22.1 Å². The van der Waals surface area contributed by atoms with Crippen LogP contribution in [0.1, 0.15) is 59.2 Å². The highest BCUT2D eigenvalue weighted by Gasteiger charge is 2.38. The number of benzene rings is 7. The lowest BCUT2D eigenvalue weighted by Gasteiger charge is -2.37. The average molecular weight is 670 g/mol. The van der Waals surface area contributed by atoms with Gasteiger partial charge in [0.05, 0.1) is 5.69 Å². The van der Waals surface area contributed by atoms with Gasteiger partial charge in [-0.15, -0.1) is 0 Å². The van der Waals surface area contributed by atoms with Crippen LogP contribution in [0.2, 0.25) is 0 Å². The second kappa shape index (κ2) is 12.7. The molecular formula is C51H43N. The van der Waals surface area contributed by atoms with E-state index in [4.69, 9.17) is 0 Å². The van der Waals surface area contributed by atoms with Gasteiger partial charge in [0.15, 0.2) is 0 Å². The van der Waals surface area contributed by atoms with E-state index in [1.807, 2.05) is 0 Å².